The van der Waals surface area contributed by atoms with E-state index in [1.54, 1.807) is 12.1 Å². The Morgan fingerprint density at radius 2 is 1.55 bits per heavy atom. The number of benzene rings is 2. The van der Waals surface area contributed by atoms with Crippen molar-refractivity contribution in [3.63, 3.8) is 0 Å². The largest absolute Gasteiger partial charge is 0.465 e. The number of nitro groups is 2. The summed E-state index contributed by atoms with van der Waals surface area (Å²) in [5.74, 6) is -0.667. The van der Waals surface area contributed by atoms with Crippen LogP contribution in [0.4, 0.5) is 22.7 Å². The summed E-state index contributed by atoms with van der Waals surface area (Å²) in [6.45, 7) is 1.84. The van der Waals surface area contributed by atoms with Crippen molar-refractivity contribution >= 4 is 40.3 Å². The van der Waals surface area contributed by atoms with Gasteiger partial charge in [-0.1, -0.05) is 11.6 Å². The van der Waals surface area contributed by atoms with Crippen LogP contribution in [0.3, 0.4) is 0 Å². The summed E-state index contributed by atoms with van der Waals surface area (Å²) in [6, 6.07) is 8.57. The topological polar surface area (TPSA) is 119 Å². The average molecular weight is 421 g/mol. The van der Waals surface area contributed by atoms with E-state index in [0.717, 1.165) is 0 Å². The zero-order valence-corrected chi connectivity index (χ0v) is 16.2. The fraction of sp³-hybridized carbons (Fsp3) is 0.278. The fourth-order valence-electron chi connectivity index (χ4n) is 3.29. The minimum atomic E-state index is -0.667. The average Bonchev–Trinajstić information content (AvgIpc) is 2.72. The third-order valence-electron chi connectivity index (χ3n) is 4.69. The maximum Gasteiger partial charge on any atom is 0.340 e. The second-order valence-electron chi connectivity index (χ2n) is 6.31. The smallest absolute Gasteiger partial charge is 0.340 e. The molecule has 1 aliphatic heterocycles. The Morgan fingerprint density at radius 1 is 0.966 bits per heavy atom. The van der Waals surface area contributed by atoms with Crippen LogP contribution < -0.4 is 9.80 Å². The highest BCUT2D eigenvalue weighted by Gasteiger charge is 2.27. The standard InChI is InChI=1S/C18H17ClN4O6/c1-29-18(24)14-11-13(22(25)26)3-5-15(14)20-6-8-21(9-7-20)16-4-2-12(19)10-17(16)23(27)28/h2-5,10-11H,6-9H2,1H3. The van der Waals surface area contributed by atoms with Gasteiger partial charge in [0.1, 0.15) is 5.69 Å². The summed E-state index contributed by atoms with van der Waals surface area (Å²) >= 11 is 5.88. The van der Waals surface area contributed by atoms with E-state index in [1.165, 1.54) is 31.4 Å². The second kappa shape index (κ2) is 8.31. The molecule has 0 N–H and O–H groups in total. The Labute approximate surface area is 170 Å². The molecule has 2 aromatic carbocycles. The molecule has 0 aliphatic carbocycles. The van der Waals surface area contributed by atoms with Crippen LogP contribution in [0.2, 0.25) is 5.02 Å². The molecular formula is C18H17ClN4O6. The molecule has 29 heavy (non-hydrogen) atoms. The number of piperazine rings is 1. The molecule has 0 unspecified atom stereocenters. The van der Waals surface area contributed by atoms with Gasteiger partial charge in [-0.2, -0.15) is 0 Å². The molecule has 0 spiro atoms. The lowest BCUT2D eigenvalue weighted by molar-refractivity contribution is -0.384. The summed E-state index contributed by atoms with van der Waals surface area (Å²) in [4.78, 5) is 37.2. The molecular weight excluding hydrogens is 404 g/mol. The maximum absolute atomic E-state index is 12.1. The molecule has 0 atom stereocenters. The van der Waals surface area contributed by atoms with E-state index in [4.69, 9.17) is 16.3 Å². The SMILES string of the molecule is COC(=O)c1cc([N+](=O)[O-])ccc1N1CCN(c2ccc(Cl)cc2[N+](=O)[O-])CC1. The summed E-state index contributed by atoms with van der Waals surface area (Å²) in [7, 11) is 1.21. The van der Waals surface area contributed by atoms with Crippen molar-refractivity contribution in [2.45, 2.75) is 0 Å². The number of anilines is 2. The van der Waals surface area contributed by atoms with Crippen molar-refractivity contribution in [1.29, 1.82) is 0 Å². The Morgan fingerprint density at radius 3 is 2.10 bits per heavy atom. The van der Waals surface area contributed by atoms with Gasteiger partial charge in [0.25, 0.3) is 11.4 Å². The number of esters is 1. The molecule has 1 fully saturated rings. The van der Waals surface area contributed by atoms with Crippen LogP contribution in [0.1, 0.15) is 10.4 Å². The Balaban J connectivity index is 1.84. The summed E-state index contributed by atoms with van der Waals surface area (Å²) < 4.78 is 4.76. The van der Waals surface area contributed by atoms with Crippen molar-refractivity contribution in [2.24, 2.45) is 0 Å². The van der Waals surface area contributed by atoms with Crippen molar-refractivity contribution in [3.8, 4) is 0 Å². The molecule has 0 radical (unpaired) electrons. The number of ether oxygens (including phenoxy) is 1. The highest BCUT2D eigenvalue weighted by molar-refractivity contribution is 6.30. The normalized spacial score (nSPS) is 13.9. The zero-order chi connectivity index (χ0) is 21.1. The molecule has 2 aromatic rings. The molecule has 152 valence electrons. The Bertz CT molecular complexity index is 975. The van der Waals surface area contributed by atoms with Crippen molar-refractivity contribution in [2.75, 3.05) is 43.1 Å². The first kappa shape index (κ1) is 20.3. The van der Waals surface area contributed by atoms with Gasteiger partial charge >= 0.3 is 5.97 Å². The number of rotatable bonds is 5. The third kappa shape index (κ3) is 4.21. The van der Waals surface area contributed by atoms with Gasteiger partial charge in [-0.05, 0) is 18.2 Å². The van der Waals surface area contributed by atoms with Gasteiger partial charge in [0.2, 0.25) is 0 Å². The first-order valence-corrected chi connectivity index (χ1v) is 9.00. The number of carbonyl (C=O) groups is 1. The van der Waals surface area contributed by atoms with Gasteiger partial charge in [0.05, 0.1) is 28.2 Å². The highest BCUT2D eigenvalue weighted by atomic mass is 35.5. The van der Waals surface area contributed by atoms with E-state index in [-0.39, 0.29) is 22.0 Å². The Hall–Kier alpha value is -3.40. The van der Waals surface area contributed by atoms with Crippen LogP contribution >= 0.6 is 11.6 Å². The lowest BCUT2D eigenvalue weighted by atomic mass is 10.1. The van der Waals surface area contributed by atoms with E-state index in [2.05, 4.69) is 0 Å². The molecule has 1 saturated heterocycles. The minimum absolute atomic E-state index is 0.0727. The van der Waals surface area contributed by atoms with Crippen LogP contribution in [0.5, 0.6) is 0 Å². The third-order valence-corrected chi connectivity index (χ3v) is 4.93. The predicted molar refractivity (Wildman–Crippen MR) is 107 cm³/mol. The quantitative estimate of drug-likeness (QED) is 0.410. The van der Waals surface area contributed by atoms with Gasteiger partial charge in [0.15, 0.2) is 0 Å². The van der Waals surface area contributed by atoms with E-state index < -0.39 is 15.8 Å². The lowest BCUT2D eigenvalue weighted by Gasteiger charge is -2.37. The molecule has 0 amide bonds. The number of hydrogen-bond acceptors (Lipinski definition) is 8. The van der Waals surface area contributed by atoms with E-state index >= 15 is 0 Å². The summed E-state index contributed by atoms with van der Waals surface area (Å²) in [6.07, 6.45) is 0. The van der Waals surface area contributed by atoms with Crippen LogP contribution in [0.15, 0.2) is 36.4 Å². The molecule has 1 heterocycles. The number of non-ortho nitro benzene ring substituents is 1. The number of hydrogen-bond donors (Lipinski definition) is 0. The maximum atomic E-state index is 12.1. The van der Waals surface area contributed by atoms with Gasteiger partial charge in [-0.3, -0.25) is 20.2 Å². The molecule has 0 saturated carbocycles. The van der Waals surface area contributed by atoms with E-state index in [0.29, 0.717) is 37.6 Å². The predicted octanol–water partition coefficient (Wildman–Crippen LogP) is 3.27. The Kier molecular flexibility index (Phi) is 5.83. The number of nitrogens with zero attached hydrogens (tertiary/aromatic N) is 4. The van der Waals surface area contributed by atoms with Crippen molar-refractivity contribution in [3.05, 3.63) is 67.2 Å². The molecule has 10 nitrogen and oxygen atoms in total. The fourth-order valence-corrected chi connectivity index (χ4v) is 3.45. The van der Waals surface area contributed by atoms with Gasteiger partial charge in [-0.15, -0.1) is 0 Å². The number of nitro benzene ring substituents is 2. The molecule has 0 aromatic heterocycles. The van der Waals surface area contributed by atoms with Crippen molar-refractivity contribution < 1.29 is 19.4 Å². The molecule has 3 rings (SSSR count). The van der Waals surface area contributed by atoms with E-state index in [9.17, 15) is 25.0 Å². The van der Waals surface area contributed by atoms with Crippen LogP contribution in [0.25, 0.3) is 0 Å². The number of methoxy groups -OCH3 is 1. The molecule has 1 aliphatic rings. The number of halogens is 1. The second-order valence-corrected chi connectivity index (χ2v) is 6.75. The van der Waals surface area contributed by atoms with Gasteiger partial charge < -0.3 is 14.5 Å². The van der Waals surface area contributed by atoms with E-state index in [1.807, 2.05) is 9.80 Å². The van der Waals surface area contributed by atoms with Gasteiger partial charge in [0, 0.05) is 49.4 Å². The van der Waals surface area contributed by atoms with Crippen LogP contribution in [-0.4, -0.2) is 49.1 Å². The van der Waals surface area contributed by atoms with Crippen LogP contribution in [-0.2, 0) is 4.74 Å². The van der Waals surface area contributed by atoms with Crippen molar-refractivity contribution in [1.82, 2.24) is 0 Å². The van der Waals surface area contributed by atoms with Crippen LogP contribution in [0, 0.1) is 20.2 Å². The number of carbonyl (C=O) groups excluding carboxylic acids is 1. The molecule has 0 bridgehead atoms. The summed E-state index contributed by atoms with van der Waals surface area (Å²) in [5.41, 5.74) is 0.817. The summed E-state index contributed by atoms with van der Waals surface area (Å²) in [5, 5.41) is 22.7. The van der Waals surface area contributed by atoms with Gasteiger partial charge in [-0.25, -0.2) is 4.79 Å². The minimum Gasteiger partial charge on any atom is -0.465 e. The molecule has 11 heteroatoms. The zero-order valence-electron chi connectivity index (χ0n) is 15.4. The lowest BCUT2D eigenvalue weighted by Crippen LogP contribution is -2.47. The first-order valence-electron chi connectivity index (χ1n) is 8.62. The first-order chi connectivity index (χ1) is 13.8. The highest BCUT2D eigenvalue weighted by Crippen LogP contribution is 2.33. The monoisotopic (exact) mass is 420 g/mol.